The molecule has 48 heavy (non-hydrogen) atoms. The van der Waals surface area contributed by atoms with Crippen molar-refractivity contribution in [2.24, 2.45) is 11.3 Å². The Morgan fingerprint density at radius 1 is 0.896 bits per heavy atom. The number of esters is 3. The highest BCUT2D eigenvalue weighted by molar-refractivity contribution is 5.95. The van der Waals surface area contributed by atoms with Gasteiger partial charge in [-0.15, -0.1) is 0 Å². The number of allylic oxidation sites excluding steroid dienone is 1. The van der Waals surface area contributed by atoms with Gasteiger partial charge in [-0.1, -0.05) is 6.92 Å². The highest BCUT2D eigenvalue weighted by Gasteiger charge is 2.59. The summed E-state index contributed by atoms with van der Waals surface area (Å²) in [5, 5.41) is 123. The Balaban J connectivity index is 1.98. The zero-order chi connectivity index (χ0) is 36.2. The zero-order valence-electron chi connectivity index (χ0n) is 24.7. The molecule has 2 aromatic rings. The highest BCUT2D eigenvalue weighted by atomic mass is 16.6. The Kier molecular flexibility index (Phi) is 9.17. The number of aliphatic hydroxyl groups excluding tert-OH is 5. The van der Waals surface area contributed by atoms with E-state index in [4.69, 9.17) is 14.2 Å². The average molecular weight is 683 g/mol. The van der Waals surface area contributed by atoms with Gasteiger partial charge in [-0.05, 0) is 25.1 Å². The third kappa shape index (κ3) is 5.63. The van der Waals surface area contributed by atoms with Gasteiger partial charge in [0.1, 0.15) is 24.6 Å². The van der Waals surface area contributed by atoms with Crippen LogP contribution in [0, 0.1) is 11.3 Å². The van der Waals surface area contributed by atoms with Crippen molar-refractivity contribution in [1.29, 1.82) is 0 Å². The molecule has 1 aliphatic carbocycles. The number of aromatic hydroxyl groups is 6. The number of ether oxygens (including phenoxy) is 3. The van der Waals surface area contributed by atoms with Crippen LogP contribution in [0.3, 0.4) is 0 Å². The van der Waals surface area contributed by atoms with Gasteiger partial charge in [0, 0.05) is 11.5 Å². The molecule has 1 aliphatic heterocycles. The SMILES string of the molecule is CC1[C@@H](O)C(O)=C(O)[C@H]2c3c(cc(O)c(O)c3O)C(=O)OC(C(O)C(O)C(=O)O)C(OC(=O)c3cc(O)c(O)c(O)c3)COC(=O)C12C. The molecule has 0 aromatic heterocycles. The number of benzene rings is 2. The van der Waals surface area contributed by atoms with Crippen LogP contribution in [0.4, 0.5) is 0 Å². The second kappa shape index (κ2) is 12.5. The molecule has 6 unspecified atom stereocenters. The van der Waals surface area contributed by atoms with Gasteiger partial charge in [0.15, 0.2) is 52.8 Å². The third-order valence-corrected chi connectivity index (χ3v) is 8.54. The number of carboxylic acids is 1. The minimum absolute atomic E-state index is 0.469. The number of phenolic OH excluding ortho intramolecular Hbond substituents is 6. The highest BCUT2D eigenvalue weighted by Crippen LogP contribution is 2.57. The number of carbonyl (C=O) groups excluding carboxylic acids is 3. The predicted molar refractivity (Wildman–Crippen MR) is 150 cm³/mol. The van der Waals surface area contributed by atoms with Crippen molar-refractivity contribution in [2.45, 2.75) is 50.3 Å². The van der Waals surface area contributed by atoms with E-state index in [0.717, 1.165) is 6.92 Å². The second-order valence-electron chi connectivity index (χ2n) is 11.3. The normalized spacial score (nSPS) is 27.3. The van der Waals surface area contributed by atoms with Gasteiger partial charge in [-0.2, -0.15) is 0 Å². The average Bonchev–Trinajstić information content (AvgIpc) is 3.05. The smallest absolute Gasteiger partial charge is 0.339 e. The molecule has 0 saturated heterocycles. The molecule has 0 radical (unpaired) electrons. The molecule has 12 N–H and O–H groups in total. The minimum atomic E-state index is -2.79. The Hall–Kier alpha value is -5.66. The number of rotatable bonds is 5. The third-order valence-electron chi connectivity index (χ3n) is 8.54. The predicted octanol–water partition coefficient (Wildman–Crippen LogP) is -0.538. The maximum atomic E-state index is 13.9. The van der Waals surface area contributed by atoms with E-state index in [2.05, 4.69) is 0 Å². The molecule has 1 heterocycles. The largest absolute Gasteiger partial charge is 0.508 e. The van der Waals surface area contributed by atoms with Gasteiger partial charge in [-0.3, -0.25) is 4.79 Å². The van der Waals surface area contributed by atoms with Crippen molar-refractivity contribution >= 4 is 23.9 Å². The van der Waals surface area contributed by atoms with Crippen molar-refractivity contribution in [2.75, 3.05) is 6.61 Å². The van der Waals surface area contributed by atoms with Crippen LogP contribution in [0.2, 0.25) is 0 Å². The van der Waals surface area contributed by atoms with E-state index in [9.17, 15) is 80.5 Å². The molecule has 19 nitrogen and oxygen atoms in total. The Morgan fingerprint density at radius 2 is 1.46 bits per heavy atom. The molecule has 0 fully saturated rings. The van der Waals surface area contributed by atoms with Crippen molar-refractivity contribution in [3.05, 3.63) is 46.4 Å². The number of aliphatic carboxylic acids is 1. The van der Waals surface area contributed by atoms with Crippen molar-refractivity contribution in [3.63, 3.8) is 0 Å². The zero-order valence-corrected chi connectivity index (χ0v) is 24.7. The number of fused-ring (bicyclic) bond motifs is 3. The van der Waals surface area contributed by atoms with E-state index in [1.165, 1.54) is 6.92 Å². The molecule has 4 rings (SSSR count). The number of hydrogen-bond donors (Lipinski definition) is 12. The lowest BCUT2D eigenvalue weighted by molar-refractivity contribution is -0.177. The number of cyclic esters (lactones) is 2. The molecule has 2 aliphatic rings. The molecular weight excluding hydrogens is 652 g/mol. The quantitative estimate of drug-likeness (QED) is 0.107. The van der Waals surface area contributed by atoms with Crippen LogP contribution in [0.25, 0.3) is 0 Å². The van der Waals surface area contributed by atoms with E-state index in [0.29, 0.717) is 18.2 Å². The molecule has 0 saturated carbocycles. The first-order valence-corrected chi connectivity index (χ1v) is 13.8. The molecule has 2 aromatic carbocycles. The number of carboxylic acid groups (broad SMARTS) is 1. The van der Waals surface area contributed by atoms with Gasteiger partial charge in [-0.25, -0.2) is 14.4 Å². The van der Waals surface area contributed by atoms with Gasteiger partial charge < -0.3 is 75.5 Å². The van der Waals surface area contributed by atoms with Crippen LogP contribution in [-0.2, 0) is 23.8 Å². The lowest BCUT2D eigenvalue weighted by Crippen LogP contribution is -2.53. The molecule has 0 bridgehead atoms. The minimum Gasteiger partial charge on any atom is -0.508 e. The summed E-state index contributed by atoms with van der Waals surface area (Å²) in [5.74, 6) is -19.5. The lowest BCUT2D eigenvalue weighted by Gasteiger charge is -2.45. The van der Waals surface area contributed by atoms with Gasteiger partial charge in [0.2, 0.25) is 5.75 Å². The van der Waals surface area contributed by atoms with Gasteiger partial charge >= 0.3 is 23.9 Å². The van der Waals surface area contributed by atoms with Crippen LogP contribution in [0.5, 0.6) is 34.5 Å². The summed E-state index contributed by atoms with van der Waals surface area (Å²) in [6.45, 7) is 0.992. The summed E-state index contributed by atoms with van der Waals surface area (Å²) in [7, 11) is 0. The number of carbonyl (C=O) groups is 4. The van der Waals surface area contributed by atoms with Crippen LogP contribution in [-0.4, -0.2) is 122 Å². The summed E-state index contributed by atoms with van der Waals surface area (Å²) in [6.07, 6.45) is -12.2. The van der Waals surface area contributed by atoms with Crippen molar-refractivity contribution < 1.29 is 94.7 Å². The van der Waals surface area contributed by atoms with E-state index in [1.54, 1.807) is 0 Å². The van der Waals surface area contributed by atoms with Crippen molar-refractivity contribution in [3.8, 4) is 34.5 Å². The molecule has 0 amide bonds. The maximum absolute atomic E-state index is 13.9. The summed E-state index contributed by atoms with van der Waals surface area (Å²) in [5.41, 5.74) is -4.89. The van der Waals surface area contributed by atoms with Gasteiger partial charge in [0.25, 0.3) is 0 Å². The molecule has 8 atom stereocenters. The first-order chi connectivity index (χ1) is 22.2. The molecule has 0 spiro atoms. The van der Waals surface area contributed by atoms with Crippen LogP contribution >= 0.6 is 0 Å². The van der Waals surface area contributed by atoms with E-state index < -0.39 is 141 Å². The standard InChI is InChI=1S/C29H30O19/c1-7-16(33)21(38)20(37)15-14-9(5-12(32)18(35)19(14)36)27(44)48-24(22(39)23(40)25(41)42)13(6-46-28(45)29(7,15)2)47-26(43)8-3-10(30)17(34)11(31)4-8/h3-5,7,13,15-16,22-24,30-40H,6H2,1-2H3,(H,41,42)/t7?,13?,15-,16-,22?,23?,24?,29?/m1/s1. The fraction of sp³-hybridized carbons (Fsp3) is 0.379. The molecule has 19 heteroatoms. The fourth-order valence-electron chi connectivity index (χ4n) is 5.59. The van der Waals surface area contributed by atoms with E-state index >= 15 is 0 Å². The maximum Gasteiger partial charge on any atom is 0.339 e. The topological polar surface area (TPSA) is 339 Å². The monoisotopic (exact) mass is 682 g/mol. The van der Waals surface area contributed by atoms with E-state index in [-0.39, 0.29) is 0 Å². The first-order valence-electron chi connectivity index (χ1n) is 13.8. The Labute approximate surface area is 268 Å². The lowest BCUT2D eigenvalue weighted by atomic mass is 9.59. The second-order valence-corrected chi connectivity index (χ2v) is 11.3. The van der Waals surface area contributed by atoms with Gasteiger partial charge in [0.05, 0.1) is 22.5 Å². The number of hydrogen-bond acceptors (Lipinski definition) is 18. The Bertz CT molecular complexity index is 1690. The number of phenols is 6. The van der Waals surface area contributed by atoms with Crippen molar-refractivity contribution in [1.82, 2.24) is 0 Å². The van der Waals surface area contributed by atoms with Crippen LogP contribution < -0.4 is 0 Å². The molecule has 260 valence electrons. The van der Waals surface area contributed by atoms with Crippen LogP contribution in [0.15, 0.2) is 29.7 Å². The summed E-state index contributed by atoms with van der Waals surface area (Å²) in [6, 6.07) is 1.67. The summed E-state index contributed by atoms with van der Waals surface area (Å²) in [4.78, 5) is 52.3. The first kappa shape index (κ1) is 35.2. The Morgan fingerprint density at radius 3 is 2.02 bits per heavy atom. The summed E-state index contributed by atoms with van der Waals surface area (Å²) < 4.78 is 15.8. The van der Waals surface area contributed by atoms with Crippen LogP contribution in [0.1, 0.15) is 46.0 Å². The van der Waals surface area contributed by atoms with E-state index in [1.807, 2.05) is 0 Å². The fourth-order valence-corrected chi connectivity index (χ4v) is 5.59. The molecular formula is C29H30O19. The number of aliphatic hydroxyl groups is 5. The summed E-state index contributed by atoms with van der Waals surface area (Å²) >= 11 is 0.